The maximum atomic E-state index is 11.2. The highest BCUT2D eigenvalue weighted by atomic mass is 16.4. The number of carboxylic acid groups (broad SMARTS) is 1. The first-order chi connectivity index (χ1) is 7.10. The summed E-state index contributed by atoms with van der Waals surface area (Å²) in [4.78, 5) is 22.0. The van der Waals surface area contributed by atoms with Gasteiger partial charge < -0.3 is 15.7 Å². The van der Waals surface area contributed by atoms with Crippen LogP contribution in [0.15, 0.2) is 0 Å². The van der Waals surface area contributed by atoms with Crippen LogP contribution in [0.3, 0.4) is 0 Å². The molecular formula is C10H18N2O3. The highest BCUT2D eigenvalue weighted by Gasteiger charge is 2.50. The van der Waals surface area contributed by atoms with Crippen LogP contribution in [0.1, 0.15) is 26.2 Å². The molecule has 1 aliphatic carbocycles. The number of rotatable bonds is 7. The van der Waals surface area contributed by atoms with Crippen LogP contribution in [0.2, 0.25) is 0 Å². The predicted molar refractivity (Wildman–Crippen MR) is 55.5 cm³/mol. The minimum absolute atomic E-state index is 0.129. The lowest BCUT2D eigenvalue weighted by Gasteiger charge is -2.11. The topological polar surface area (TPSA) is 78.4 Å². The Morgan fingerprint density at radius 3 is 2.53 bits per heavy atom. The molecule has 86 valence electrons. The van der Waals surface area contributed by atoms with Crippen molar-refractivity contribution in [2.75, 3.05) is 19.6 Å². The first-order valence-corrected chi connectivity index (χ1v) is 5.31. The van der Waals surface area contributed by atoms with Gasteiger partial charge in [-0.25, -0.2) is 0 Å². The average Bonchev–Trinajstić information content (AvgIpc) is 2.96. The lowest BCUT2D eigenvalue weighted by molar-refractivity contribution is -0.143. The zero-order valence-electron chi connectivity index (χ0n) is 9.01. The van der Waals surface area contributed by atoms with E-state index < -0.39 is 11.4 Å². The normalized spacial score (nSPS) is 17.1. The van der Waals surface area contributed by atoms with Gasteiger partial charge in [0.1, 0.15) is 0 Å². The molecule has 5 nitrogen and oxygen atoms in total. The van der Waals surface area contributed by atoms with Gasteiger partial charge in [-0.3, -0.25) is 9.59 Å². The number of carbonyl (C=O) groups excluding carboxylic acids is 1. The summed E-state index contributed by atoms with van der Waals surface area (Å²) >= 11 is 0. The number of carbonyl (C=O) groups is 2. The highest BCUT2D eigenvalue weighted by Crippen LogP contribution is 2.45. The van der Waals surface area contributed by atoms with Crippen molar-refractivity contribution in [1.29, 1.82) is 0 Å². The summed E-state index contributed by atoms with van der Waals surface area (Å²) in [5.74, 6) is -0.930. The monoisotopic (exact) mass is 214 g/mol. The summed E-state index contributed by atoms with van der Waals surface area (Å²) in [6.45, 7) is 3.35. The number of carboxylic acids is 1. The van der Waals surface area contributed by atoms with Crippen LogP contribution in [0, 0.1) is 5.41 Å². The van der Waals surface area contributed by atoms with Gasteiger partial charge in [0.15, 0.2) is 0 Å². The van der Waals surface area contributed by atoms with Crippen molar-refractivity contribution in [1.82, 2.24) is 10.6 Å². The zero-order chi connectivity index (χ0) is 11.3. The third-order valence-electron chi connectivity index (χ3n) is 2.64. The molecule has 1 amide bonds. The smallest absolute Gasteiger partial charge is 0.311 e. The molecule has 0 aromatic carbocycles. The summed E-state index contributed by atoms with van der Waals surface area (Å²) in [7, 11) is 0. The summed E-state index contributed by atoms with van der Waals surface area (Å²) in [5, 5.41) is 14.5. The first kappa shape index (κ1) is 12.0. The third kappa shape index (κ3) is 3.51. The fourth-order valence-corrected chi connectivity index (χ4v) is 1.33. The second-order valence-electron chi connectivity index (χ2n) is 4.04. The Morgan fingerprint density at radius 2 is 2.07 bits per heavy atom. The van der Waals surface area contributed by atoms with Gasteiger partial charge in [-0.05, 0) is 25.8 Å². The van der Waals surface area contributed by atoms with Gasteiger partial charge in [-0.1, -0.05) is 6.92 Å². The molecule has 15 heavy (non-hydrogen) atoms. The van der Waals surface area contributed by atoms with Crippen LogP contribution >= 0.6 is 0 Å². The molecule has 0 unspecified atom stereocenters. The van der Waals surface area contributed by atoms with Gasteiger partial charge in [-0.2, -0.15) is 0 Å². The van der Waals surface area contributed by atoms with Gasteiger partial charge in [0.25, 0.3) is 0 Å². The number of hydrogen-bond acceptors (Lipinski definition) is 3. The number of amides is 1. The summed E-state index contributed by atoms with van der Waals surface area (Å²) in [6, 6.07) is 0. The van der Waals surface area contributed by atoms with E-state index >= 15 is 0 Å². The Hall–Kier alpha value is -1.10. The molecule has 0 aliphatic heterocycles. The average molecular weight is 214 g/mol. The lowest BCUT2D eigenvalue weighted by Crippen LogP contribution is -2.39. The zero-order valence-corrected chi connectivity index (χ0v) is 9.01. The molecule has 3 N–H and O–H groups in total. The summed E-state index contributed by atoms with van der Waals surface area (Å²) in [6.07, 6.45) is 2.32. The highest BCUT2D eigenvalue weighted by molar-refractivity contribution is 5.81. The van der Waals surface area contributed by atoms with Crippen LogP contribution in [0.25, 0.3) is 0 Å². The maximum absolute atomic E-state index is 11.2. The van der Waals surface area contributed by atoms with Crippen LogP contribution in [-0.2, 0) is 9.59 Å². The molecule has 0 bridgehead atoms. The molecular weight excluding hydrogens is 196 g/mol. The second-order valence-corrected chi connectivity index (χ2v) is 4.04. The molecule has 0 spiro atoms. The van der Waals surface area contributed by atoms with Crippen LogP contribution < -0.4 is 10.6 Å². The third-order valence-corrected chi connectivity index (χ3v) is 2.64. The molecule has 1 rings (SSSR count). The van der Waals surface area contributed by atoms with Crippen molar-refractivity contribution in [3.05, 3.63) is 0 Å². The van der Waals surface area contributed by atoms with E-state index in [1.165, 1.54) is 0 Å². The second kappa shape index (κ2) is 5.11. The minimum Gasteiger partial charge on any atom is -0.481 e. The van der Waals surface area contributed by atoms with E-state index in [0.717, 1.165) is 13.0 Å². The van der Waals surface area contributed by atoms with Crippen LogP contribution in [-0.4, -0.2) is 36.6 Å². The van der Waals surface area contributed by atoms with Crippen molar-refractivity contribution in [2.24, 2.45) is 5.41 Å². The van der Waals surface area contributed by atoms with Crippen molar-refractivity contribution in [2.45, 2.75) is 26.2 Å². The van der Waals surface area contributed by atoms with Gasteiger partial charge in [0.05, 0.1) is 12.0 Å². The largest absolute Gasteiger partial charge is 0.481 e. The van der Waals surface area contributed by atoms with E-state index in [1.54, 1.807) is 0 Å². The number of hydrogen-bond donors (Lipinski definition) is 3. The molecule has 0 radical (unpaired) electrons. The molecule has 0 aromatic heterocycles. The van der Waals surface area contributed by atoms with Gasteiger partial charge >= 0.3 is 5.97 Å². The Balaban J connectivity index is 2.14. The van der Waals surface area contributed by atoms with E-state index in [-0.39, 0.29) is 19.0 Å². The SMILES string of the molecule is CCCNCC(=O)NCC1(C(=O)O)CC1. The fraction of sp³-hybridized carbons (Fsp3) is 0.800. The molecule has 0 aromatic rings. The number of aliphatic carboxylic acids is 1. The minimum atomic E-state index is -0.802. The quantitative estimate of drug-likeness (QED) is 0.520. The Bertz CT molecular complexity index is 249. The van der Waals surface area contributed by atoms with Crippen molar-refractivity contribution < 1.29 is 14.7 Å². The van der Waals surface area contributed by atoms with Gasteiger partial charge in [-0.15, -0.1) is 0 Å². The van der Waals surface area contributed by atoms with E-state index in [2.05, 4.69) is 10.6 Å². The van der Waals surface area contributed by atoms with Crippen LogP contribution in [0.5, 0.6) is 0 Å². The molecule has 1 aliphatic rings. The first-order valence-electron chi connectivity index (χ1n) is 5.31. The Labute approximate surface area is 89.2 Å². The maximum Gasteiger partial charge on any atom is 0.311 e. The van der Waals surface area contributed by atoms with Crippen molar-refractivity contribution in [3.63, 3.8) is 0 Å². The summed E-state index contributed by atoms with van der Waals surface area (Å²) < 4.78 is 0. The molecule has 1 fully saturated rings. The Morgan fingerprint density at radius 1 is 1.40 bits per heavy atom. The Kier molecular flexibility index (Phi) is 4.08. The predicted octanol–water partition coefficient (Wildman–Crippen LogP) is -0.0330. The van der Waals surface area contributed by atoms with Crippen molar-refractivity contribution >= 4 is 11.9 Å². The van der Waals surface area contributed by atoms with E-state index in [9.17, 15) is 9.59 Å². The van der Waals surface area contributed by atoms with Crippen LogP contribution in [0.4, 0.5) is 0 Å². The standard InChI is InChI=1S/C10H18N2O3/c1-2-5-11-6-8(13)12-7-10(3-4-10)9(14)15/h11H,2-7H2,1H3,(H,12,13)(H,14,15). The fourth-order valence-electron chi connectivity index (χ4n) is 1.33. The van der Waals surface area contributed by atoms with E-state index in [1.807, 2.05) is 6.92 Å². The summed E-state index contributed by atoms with van der Waals surface area (Å²) in [5.41, 5.74) is -0.666. The van der Waals surface area contributed by atoms with Crippen molar-refractivity contribution in [3.8, 4) is 0 Å². The van der Waals surface area contributed by atoms with E-state index in [4.69, 9.17) is 5.11 Å². The molecule has 0 heterocycles. The number of nitrogens with one attached hydrogen (secondary N) is 2. The molecule has 5 heteroatoms. The van der Waals surface area contributed by atoms with E-state index in [0.29, 0.717) is 12.8 Å². The van der Waals surface area contributed by atoms with Gasteiger partial charge in [0, 0.05) is 6.54 Å². The van der Waals surface area contributed by atoms with Gasteiger partial charge in [0.2, 0.25) is 5.91 Å². The molecule has 1 saturated carbocycles. The lowest BCUT2D eigenvalue weighted by atomic mass is 10.1. The molecule has 0 atom stereocenters. The molecule has 0 saturated heterocycles.